The summed E-state index contributed by atoms with van der Waals surface area (Å²) in [6, 6.07) is 9.19. The highest BCUT2D eigenvalue weighted by Crippen LogP contribution is 2.43. The van der Waals surface area contributed by atoms with Gasteiger partial charge in [0.2, 0.25) is 5.91 Å². The minimum atomic E-state index is -0.936. The van der Waals surface area contributed by atoms with Crippen LogP contribution in [0.3, 0.4) is 0 Å². The molecule has 1 N–H and O–H groups in total. The topological polar surface area (TPSA) is 90.8 Å². The van der Waals surface area contributed by atoms with Crippen molar-refractivity contribution in [2.45, 2.75) is 24.8 Å². The number of benzene rings is 1. The maximum absolute atomic E-state index is 12.9. The number of carbonyl (C=O) groups is 3. The van der Waals surface area contributed by atoms with Crippen LogP contribution in [0.25, 0.3) is 10.9 Å². The lowest BCUT2D eigenvalue weighted by atomic mass is 9.77. The van der Waals surface area contributed by atoms with E-state index in [1.54, 1.807) is 29.1 Å². The highest BCUT2D eigenvalue weighted by molar-refractivity contribution is 5.98. The molecule has 3 heterocycles. The van der Waals surface area contributed by atoms with Gasteiger partial charge in [-0.25, -0.2) is 0 Å². The predicted octanol–water partition coefficient (Wildman–Crippen LogP) is 1.77. The molecule has 7 heteroatoms. The molecule has 1 atom stereocenters. The molecule has 7 nitrogen and oxygen atoms in total. The summed E-state index contributed by atoms with van der Waals surface area (Å²) in [4.78, 5) is 44.3. The molecule has 2 saturated heterocycles. The predicted molar refractivity (Wildman–Crippen MR) is 98.1 cm³/mol. The first-order valence-corrected chi connectivity index (χ1v) is 9.06. The Morgan fingerprint density at radius 2 is 1.96 bits per heavy atom. The number of amides is 2. The van der Waals surface area contributed by atoms with Gasteiger partial charge in [-0.2, -0.15) is 0 Å². The van der Waals surface area contributed by atoms with Gasteiger partial charge >= 0.3 is 5.97 Å². The summed E-state index contributed by atoms with van der Waals surface area (Å²) >= 11 is 0. The molecule has 2 fully saturated rings. The second kappa shape index (κ2) is 6.33. The molecule has 1 aromatic carbocycles. The van der Waals surface area contributed by atoms with Gasteiger partial charge < -0.3 is 14.9 Å². The van der Waals surface area contributed by atoms with Crippen LogP contribution in [-0.4, -0.2) is 63.4 Å². The Morgan fingerprint density at radius 1 is 1.22 bits per heavy atom. The maximum Gasteiger partial charge on any atom is 0.309 e. The maximum atomic E-state index is 12.9. The highest BCUT2D eigenvalue weighted by Gasteiger charge is 2.55. The Balaban J connectivity index is 1.53. The van der Waals surface area contributed by atoms with Crippen molar-refractivity contribution in [2.24, 2.45) is 5.92 Å². The summed E-state index contributed by atoms with van der Waals surface area (Å²) in [6.45, 7) is 0.872. The summed E-state index contributed by atoms with van der Waals surface area (Å²) in [6.07, 6.45) is 2.71. The minimum absolute atomic E-state index is 0.0391. The SMILES string of the molecule is CN1C(=O)C[C@@H](C(=O)O)C12CCN(C(=O)c1ccc3ncccc3c1)CC2. The molecule has 140 valence electrons. The first kappa shape index (κ1) is 17.5. The number of carboxylic acids is 1. The smallest absolute Gasteiger partial charge is 0.309 e. The number of rotatable bonds is 2. The fourth-order valence-corrected chi connectivity index (χ4v) is 4.47. The molecular weight excluding hydrogens is 346 g/mol. The number of pyridine rings is 1. The number of piperidine rings is 1. The number of aromatic nitrogens is 1. The third-order valence-electron chi connectivity index (χ3n) is 6.13. The van der Waals surface area contributed by atoms with Gasteiger partial charge in [-0.15, -0.1) is 0 Å². The van der Waals surface area contributed by atoms with Crippen molar-refractivity contribution in [1.29, 1.82) is 0 Å². The standard InChI is InChI=1S/C20H21N3O4/c1-22-17(24)12-15(19(26)27)20(22)6-9-23(10-7-20)18(25)14-4-5-16-13(11-14)3-2-8-21-16/h2-5,8,11,15H,6-7,9-10,12H2,1H3,(H,26,27)/t15-/m0/s1. The Labute approximate surface area is 156 Å². The Morgan fingerprint density at radius 3 is 2.67 bits per heavy atom. The zero-order chi connectivity index (χ0) is 19.2. The van der Waals surface area contributed by atoms with E-state index in [0.29, 0.717) is 31.5 Å². The fraction of sp³-hybridized carbons (Fsp3) is 0.400. The fourth-order valence-electron chi connectivity index (χ4n) is 4.47. The third-order valence-corrected chi connectivity index (χ3v) is 6.13. The van der Waals surface area contributed by atoms with E-state index in [1.807, 2.05) is 24.3 Å². The van der Waals surface area contributed by atoms with Crippen LogP contribution in [-0.2, 0) is 9.59 Å². The molecule has 2 aromatic rings. The second-order valence-corrected chi connectivity index (χ2v) is 7.35. The first-order valence-electron chi connectivity index (χ1n) is 9.06. The van der Waals surface area contributed by atoms with Crippen LogP contribution < -0.4 is 0 Å². The molecule has 1 spiro atoms. The zero-order valence-corrected chi connectivity index (χ0v) is 15.1. The molecule has 27 heavy (non-hydrogen) atoms. The molecule has 1 aromatic heterocycles. The lowest BCUT2D eigenvalue weighted by Crippen LogP contribution is -2.56. The van der Waals surface area contributed by atoms with Crippen molar-refractivity contribution in [2.75, 3.05) is 20.1 Å². The van der Waals surface area contributed by atoms with Gasteiger partial charge in [0.25, 0.3) is 5.91 Å². The number of fused-ring (bicyclic) bond motifs is 1. The van der Waals surface area contributed by atoms with Gasteiger partial charge in [0, 0.05) is 43.7 Å². The van der Waals surface area contributed by atoms with E-state index in [9.17, 15) is 19.5 Å². The van der Waals surface area contributed by atoms with Crippen molar-refractivity contribution in [3.05, 3.63) is 42.1 Å². The van der Waals surface area contributed by atoms with E-state index >= 15 is 0 Å². The average Bonchev–Trinajstić information content (AvgIpc) is 2.93. The van der Waals surface area contributed by atoms with Gasteiger partial charge in [-0.1, -0.05) is 6.07 Å². The quantitative estimate of drug-likeness (QED) is 0.874. The van der Waals surface area contributed by atoms with Gasteiger partial charge in [-0.05, 0) is 37.1 Å². The normalized spacial score (nSPS) is 21.8. The average molecular weight is 367 g/mol. The van der Waals surface area contributed by atoms with Gasteiger partial charge in [0.1, 0.15) is 0 Å². The van der Waals surface area contributed by atoms with Crippen LogP contribution in [0, 0.1) is 5.92 Å². The number of aliphatic carboxylic acids is 1. The molecular formula is C20H21N3O4. The molecule has 0 radical (unpaired) electrons. The lowest BCUT2D eigenvalue weighted by Gasteiger charge is -2.45. The van der Waals surface area contributed by atoms with Crippen LogP contribution in [0.15, 0.2) is 36.5 Å². The minimum Gasteiger partial charge on any atom is -0.481 e. The number of carbonyl (C=O) groups excluding carboxylic acids is 2. The largest absolute Gasteiger partial charge is 0.481 e. The zero-order valence-electron chi connectivity index (χ0n) is 15.1. The van der Waals surface area contributed by atoms with Crippen LogP contribution in [0.2, 0.25) is 0 Å². The number of hydrogen-bond acceptors (Lipinski definition) is 4. The summed E-state index contributed by atoms with van der Waals surface area (Å²) in [7, 11) is 1.68. The van der Waals surface area contributed by atoms with Gasteiger partial charge in [-0.3, -0.25) is 19.4 Å². The highest BCUT2D eigenvalue weighted by atomic mass is 16.4. The summed E-state index contributed by atoms with van der Waals surface area (Å²) in [5.41, 5.74) is 0.742. The first-order chi connectivity index (χ1) is 12.9. The Hall–Kier alpha value is -2.96. The van der Waals surface area contributed by atoms with E-state index in [-0.39, 0.29) is 18.2 Å². The Bertz CT molecular complexity index is 934. The van der Waals surface area contributed by atoms with Gasteiger partial charge in [0.05, 0.1) is 17.0 Å². The van der Waals surface area contributed by atoms with Crippen molar-refractivity contribution in [1.82, 2.24) is 14.8 Å². The monoisotopic (exact) mass is 367 g/mol. The van der Waals surface area contributed by atoms with E-state index in [4.69, 9.17) is 0 Å². The van der Waals surface area contributed by atoms with Crippen molar-refractivity contribution >= 4 is 28.7 Å². The summed E-state index contributed by atoms with van der Waals surface area (Å²) in [5, 5.41) is 10.5. The van der Waals surface area contributed by atoms with Crippen molar-refractivity contribution < 1.29 is 19.5 Å². The molecule has 0 saturated carbocycles. The molecule has 0 bridgehead atoms. The molecule has 0 unspecified atom stereocenters. The number of hydrogen-bond donors (Lipinski definition) is 1. The second-order valence-electron chi connectivity index (χ2n) is 7.35. The van der Waals surface area contributed by atoms with Gasteiger partial charge in [0.15, 0.2) is 0 Å². The third kappa shape index (κ3) is 2.74. The summed E-state index contributed by atoms with van der Waals surface area (Å²) in [5.74, 6) is -1.85. The lowest BCUT2D eigenvalue weighted by molar-refractivity contribution is -0.145. The van der Waals surface area contributed by atoms with Crippen LogP contribution in [0.4, 0.5) is 0 Å². The number of likely N-dealkylation sites (tertiary alicyclic amines) is 2. The van der Waals surface area contributed by atoms with E-state index < -0.39 is 17.4 Å². The molecule has 4 rings (SSSR count). The van der Waals surface area contributed by atoms with Crippen LogP contribution in [0.5, 0.6) is 0 Å². The molecule has 2 amide bonds. The van der Waals surface area contributed by atoms with Crippen LogP contribution in [0.1, 0.15) is 29.6 Å². The number of carboxylic acid groups (broad SMARTS) is 1. The van der Waals surface area contributed by atoms with Crippen molar-refractivity contribution in [3.63, 3.8) is 0 Å². The Kier molecular flexibility index (Phi) is 4.09. The molecule has 2 aliphatic heterocycles. The summed E-state index contributed by atoms with van der Waals surface area (Å²) < 4.78 is 0. The molecule has 2 aliphatic rings. The molecule has 0 aliphatic carbocycles. The van der Waals surface area contributed by atoms with Crippen molar-refractivity contribution in [3.8, 4) is 0 Å². The van der Waals surface area contributed by atoms with Crippen LogP contribution >= 0.6 is 0 Å². The van der Waals surface area contributed by atoms with E-state index in [1.165, 1.54) is 0 Å². The van der Waals surface area contributed by atoms with E-state index in [0.717, 1.165) is 10.9 Å². The van der Waals surface area contributed by atoms with E-state index in [2.05, 4.69) is 4.98 Å². The number of nitrogens with zero attached hydrogens (tertiary/aromatic N) is 3.